The lowest BCUT2D eigenvalue weighted by Gasteiger charge is -2.32. The van der Waals surface area contributed by atoms with Gasteiger partial charge < -0.3 is 5.32 Å². The summed E-state index contributed by atoms with van der Waals surface area (Å²) in [4.78, 5) is 4.25. The molecule has 0 saturated heterocycles. The molecular weight excluding hydrogens is 240 g/mol. The van der Waals surface area contributed by atoms with E-state index in [1.54, 1.807) is 10.4 Å². The van der Waals surface area contributed by atoms with E-state index in [1.165, 1.54) is 25.8 Å². The quantitative estimate of drug-likeness (QED) is 0.795. The molecule has 0 fully saturated rings. The fourth-order valence-electron chi connectivity index (χ4n) is 2.62. The van der Waals surface area contributed by atoms with Gasteiger partial charge in [0.25, 0.3) is 0 Å². The van der Waals surface area contributed by atoms with E-state index in [-0.39, 0.29) is 0 Å². The van der Waals surface area contributed by atoms with Crippen LogP contribution in [0.25, 0.3) is 0 Å². The summed E-state index contributed by atoms with van der Waals surface area (Å²) < 4.78 is 0. The molecule has 0 amide bonds. The third kappa shape index (κ3) is 3.81. The smallest absolute Gasteiger partial charge is 0.0247 e. The van der Waals surface area contributed by atoms with Gasteiger partial charge in [0.1, 0.15) is 0 Å². The number of rotatable bonds is 6. The molecule has 1 atom stereocenters. The van der Waals surface area contributed by atoms with E-state index in [1.807, 2.05) is 11.3 Å². The third-order valence-electron chi connectivity index (χ3n) is 3.81. The molecule has 18 heavy (non-hydrogen) atoms. The van der Waals surface area contributed by atoms with Crippen molar-refractivity contribution in [3.63, 3.8) is 0 Å². The molecule has 1 N–H and O–H groups in total. The number of nitrogens with zero attached hydrogens (tertiary/aromatic N) is 1. The lowest BCUT2D eigenvalue weighted by molar-refractivity contribution is 0.181. The molecule has 1 aromatic rings. The highest BCUT2D eigenvalue weighted by Crippen LogP contribution is 2.25. The van der Waals surface area contributed by atoms with E-state index in [0.29, 0.717) is 12.1 Å². The van der Waals surface area contributed by atoms with Crippen molar-refractivity contribution in [3.8, 4) is 0 Å². The molecule has 2 heterocycles. The summed E-state index contributed by atoms with van der Waals surface area (Å²) in [7, 11) is 0. The normalized spacial score (nSPS) is 18.0. The zero-order valence-corrected chi connectivity index (χ0v) is 12.7. The van der Waals surface area contributed by atoms with Crippen molar-refractivity contribution in [2.45, 2.75) is 58.7 Å². The minimum Gasteiger partial charge on any atom is -0.315 e. The highest BCUT2D eigenvalue weighted by atomic mass is 32.1. The minimum atomic E-state index is 0.614. The average Bonchev–Trinajstić information content (AvgIpc) is 2.81. The van der Waals surface area contributed by atoms with Crippen molar-refractivity contribution < 1.29 is 0 Å². The van der Waals surface area contributed by atoms with Crippen molar-refractivity contribution >= 4 is 11.3 Å². The zero-order chi connectivity index (χ0) is 13.0. The maximum Gasteiger partial charge on any atom is 0.0247 e. The third-order valence-corrected chi connectivity index (χ3v) is 4.83. The monoisotopic (exact) mass is 266 g/mol. The Labute approximate surface area is 115 Å². The second kappa shape index (κ2) is 6.69. The van der Waals surface area contributed by atoms with Crippen LogP contribution < -0.4 is 5.32 Å². The van der Waals surface area contributed by atoms with Crippen LogP contribution in [-0.2, 0) is 13.0 Å². The molecule has 3 heteroatoms. The van der Waals surface area contributed by atoms with Gasteiger partial charge in [-0.25, -0.2) is 0 Å². The predicted octanol–water partition coefficient (Wildman–Crippen LogP) is 3.27. The van der Waals surface area contributed by atoms with Crippen LogP contribution in [0.4, 0.5) is 0 Å². The Morgan fingerprint density at radius 1 is 1.39 bits per heavy atom. The fourth-order valence-corrected chi connectivity index (χ4v) is 3.51. The Morgan fingerprint density at radius 3 is 3.00 bits per heavy atom. The van der Waals surface area contributed by atoms with Gasteiger partial charge in [-0.05, 0) is 49.7 Å². The van der Waals surface area contributed by atoms with Crippen molar-refractivity contribution in [2.24, 2.45) is 0 Å². The summed E-state index contributed by atoms with van der Waals surface area (Å²) >= 11 is 1.93. The number of thiophene rings is 1. The molecule has 1 unspecified atom stereocenters. The van der Waals surface area contributed by atoms with Gasteiger partial charge in [0.2, 0.25) is 0 Å². The number of nitrogens with one attached hydrogen (secondary N) is 1. The predicted molar refractivity (Wildman–Crippen MR) is 80.3 cm³/mol. The lowest BCUT2D eigenvalue weighted by atomic mass is 10.1. The second-order valence-electron chi connectivity index (χ2n) is 5.69. The topological polar surface area (TPSA) is 15.3 Å². The van der Waals surface area contributed by atoms with Gasteiger partial charge in [0, 0.05) is 30.1 Å². The van der Waals surface area contributed by atoms with E-state index >= 15 is 0 Å². The van der Waals surface area contributed by atoms with Crippen LogP contribution in [0.2, 0.25) is 0 Å². The molecule has 0 bridgehead atoms. The van der Waals surface area contributed by atoms with Gasteiger partial charge in [-0.1, -0.05) is 13.8 Å². The maximum atomic E-state index is 3.50. The van der Waals surface area contributed by atoms with Crippen molar-refractivity contribution in [3.05, 3.63) is 21.9 Å². The van der Waals surface area contributed by atoms with E-state index in [2.05, 4.69) is 42.4 Å². The first-order valence-corrected chi connectivity index (χ1v) is 8.07. The summed E-state index contributed by atoms with van der Waals surface area (Å²) in [6, 6.07) is 3.63. The fraction of sp³-hybridized carbons (Fsp3) is 0.733. The van der Waals surface area contributed by atoms with Crippen LogP contribution >= 0.6 is 11.3 Å². The van der Waals surface area contributed by atoms with Gasteiger partial charge in [-0.3, -0.25) is 4.90 Å². The Kier molecular flexibility index (Phi) is 5.22. The van der Waals surface area contributed by atoms with Crippen LogP contribution in [0.15, 0.2) is 11.4 Å². The van der Waals surface area contributed by atoms with Crippen molar-refractivity contribution in [1.29, 1.82) is 0 Å². The molecule has 2 nitrogen and oxygen atoms in total. The number of hydrogen-bond donors (Lipinski definition) is 1. The Morgan fingerprint density at radius 2 is 2.22 bits per heavy atom. The highest BCUT2D eigenvalue weighted by Gasteiger charge is 2.20. The summed E-state index contributed by atoms with van der Waals surface area (Å²) in [6.07, 6.45) is 3.84. The first kappa shape index (κ1) is 14.0. The van der Waals surface area contributed by atoms with E-state index < -0.39 is 0 Å². The van der Waals surface area contributed by atoms with Gasteiger partial charge in [0.15, 0.2) is 0 Å². The molecule has 1 aromatic heterocycles. The van der Waals surface area contributed by atoms with Crippen LogP contribution in [0.1, 0.15) is 44.1 Å². The summed E-state index contributed by atoms with van der Waals surface area (Å²) in [5.41, 5.74) is 1.57. The molecular formula is C15H26N2S. The molecule has 2 rings (SSSR count). The summed E-state index contributed by atoms with van der Waals surface area (Å²) in [5, 5.41) is 5.74. The average molecular weight is 266 g/mol. The van der Waals surface area contributed by atoms with Gasteiger partial charge in [-0.2, -0.15) is 0 Å². The van der Waals surface area contributed by atoms with Gasteiger partial charge in [0.05, 0.1) is 0 Å². The van der Waals surface area contributed by atoms with Crippen LogP contribution in [-0.4, -0.2) is 30.1 Å². The van der Waals surface area contributed by atoms with Gasteiger partial charge >= 0.3 is 0 Å². The highest BCUT2D eigenvalue weighted by molar-refractivity contribution is 7.10. The molecule has 1 aliphatic rings. The summed E-state index contributed by atoms with van der Waals surface area (Å²) in [5.74, 6) is 0. The standard InChI is InChI=1S/C15H26N2S/c1-12(2)16-8-4-5-13(3)17-9-6-15-14(11-17)7-10-18-15/h7,10,12-13,16H,4-6,8-9,11H2,1-3H3. The molecule has 0 aliphatic carbocycles. The molecule has 1 aliphatic heterocycles. The Balaban J connectivity index is 1.72. The number of hydrogen-bond acceptors (Lipinski definition) is 3. The Bertz CT molecular complexity index is 359. The van der Waals surface area contributed by atoms with E-state index in [0.717, 1.165) is 13.1 Å². The second-order valence-corrected chi connectivity index (χ2v) is 6.69. The first-order chi connectivity index (χ1) is 8.66. The molecule has 102 valence electrons. The summed E-state index contributed by atoms with van der Waals surface area (Å²) in [6.45, 7) is 10.4. The SMILES string of the molecule is CC(C)NCCCC(C)N1CCc2sccc2C1. The van der Waals surface area contributed by atoms with Crippen LogP contribution in [0.5, 0.6) is 0 Å². The van der Waals surface area contributed by atoms with E-state index in [4.69, 9.17) is 0 Å². The molecule has 0 saturated carbocycles. The first-order valence-electron chi connectivity index (χ1n) is 7.19. The zero-order valence-electron chi connectivity index (χ0n) is 11.9. The van der Waals surface area contributed by atoms with Crippen molar-refractivity contribution in [1.82, 2.24) is 10.2 Å². The van der Waals surface area contributed by atoms with E-state index in [9.17, 15) is 0 Å². The molecule has 0 radical (unpaired) electrons. The van der Waals surface area contributed by atoms with Crippen molar-refractivity contribution in [2.75, 3.05) is 13.1 Å². The van der Waals surface area contributed by atoms with Crippen LogP contribution in [0, 0.1) is 0 Å². The minimum absolute atomic E-state index is 0.614. The molecule has 0 spiro atoms. The molecule has 0 aromatic carbocycles. The number of fused-ring (bicyclic) bond motifs is 1. The lowest BCUT2D eigenvalue weighted by Crippen LogP contribution is -2.37. The van der Waals surface area contributed by atoms with Gasteiger partial charge in [-0.15, -0.1) is 11.3 Å². The Hall–Kier alpha value is -0.380. The maximum absolute atomic E-state index is 3.50. The largest absolute Gasteiger partial charge is 0.315 e. The van der Waals surface area contributed by atoms with Crippen LogP contribution in [0.3, 0.4) is 0 Å².